The molecule has 4 aromatic rings. The minimum absolute atomic E-state index is 0.0533. The Labute approximate surface area is 234 Å². The van der Waals surface area contributed by atoms with Crippen LogP contribution in [0.2, 0.25) is 0 Å². The minimum Gasteiger partial charge on any atom is -0.493 e. The predicted octanol–water partition coefficient (Wildman–Crippen LogP) is 5.51. The number of carbonyl (C=O) groups is 2. The van der Waals surface area contributed by atoms with E-state index in [0.717, 1.165) is 45.3 Å². The number of methoxy groups -OCH3 is 1. The van der Waals surface area contributed by atoms with Crippen LogP contribution in [0.3, 0.4) is 0 Å². The molecule has 6 rings (SSSR count). The highest BCUT2D eigenvalue weighted by Crippen LogP contribution is 2.49. The summed E-state index contributed by atoms with van der Waals surface area (Å²) in [6.07, 6.45) is 0.900. The van der Waals surface area contributed by atoms with E-state index in [4.69, 9.17) is 9.47 Å². The van der Waals surface area contributed by atoms with Crippen molar-refractivity contribution in [2.24, 2.45) is 0 Å². The number of nitrogens with zero attached hydrogens (tertiary/aromatic N) is 2. The molecule has 7 nitrogen and oxygen atoms in total. The van der Waals surface area contributed by atoms with Gasteiger partial charge in [-0.2, -0.15) is 0 Å². The Balaban J connectivity index is 1.46. The maximum Gasteiger partial charge on any atom is 0.255 e. The third-order valence-electron chi connectivity index (χ3n) is 8.36. The molecule has 1 saturated heterocycles. The number of para-hydroxylation sites is 1. The molecule has 0 bridgehead atoms. The average molecular weight is 538 g/mol. The first kappa shape index (κ1) is 26.0. The molecule has 0 aliphatic carbocycles. The lowest BCUT2D eigenvalue weighted by Gasteiger charge is -2.51. The third-order valence-corrected chi connectivity index (χ3v) is 8.36. The van der Waals surface area contributed by atoms with Gasteiger partial charge in [-0.15, -0.1) is 0 Å². The lowest BCUT2D eigenvalue weighted by molar-refractivity contribution is -0.166. The smallest absolute Gasteiger partial charge is 0.255 e. The fourth-order valence-electron chi connectivity index (χ4n) is 6.25. The number of amides is 2. The molecule has 2 atom stereocenters. The zero-order chi connectivity index (χ0) is 28.0. The van der Waals surface area contributed by atoms with Crippen molar-refractivity contribution in [3.63, 3.8) is 0 Å². The van der Waals surface area contributed by atoms with Crippen molar-refractivity contribution in [1.29, 1.82) is 0 Å². The highest BCUT2D eigenvalue weighted by Gasteiger charge is 2.56. The SMILES string of the molecule is CCCOc1ccc(C2CN3C(=O)CN(Cc4ccc(C)cc4)C(=O)[C@]3(C)c3[nH]c4ccccc4c32)cc1OC. The first-order valence-corrected chi connectivity index (χ1v) is 13.9. The van der Waals surface area contributed by atoms with Crippen LogP contribution in [0.4, 0.5) is 0 Å². The number of piperazine rings is 1. The van der Waals surface area contributed by atoms with Gasteiger partial charge in [0.25, 0.3) is 5.91 Å². The van der Waals surface area contributed by atoms with Crippen molar-refractivity contribution in [3.8, 4) is 11.5 Å². The summed E-state index contributed by atoms with van der Waals surface area (Å²) in [6.45, 7) is 7.44. The molecule has 0 spiro atoms. The summed E-state index contributed by atoms with van der Waals surface area (Å²) < 4.78 is 11.6. The molecular weight excluding hydrogens is 502 g/mol. The van der Waals surface area contributed by atoms with E-state index in [1.807, 2.05) is 74.5 Å². The molecule has 2 aliphatic rings. The summed E-state index contributed by atoms with van der Waals surface area (Å²) in [5, 5.41) is 1.06. The molecule has 2 amide bonds. The van der Waals surface area contributed by atoms with E-state index in [9.17, 15) is 9.59 Å². The molecule has 1 N–H and O–H groups in total. The molecular formula is C33H35N3O4. The van der Waals surface area contributed by atoms with Gasteiger partial charge in [0.1, 0.15) is 6.54 Å². The van der Waals surface area contributed by atoms with Crippen molar-refractivity contribution in [1.82, 2.24) is 14.8 Å². The largest absolute Gasteiger partial charge is 0.493 e. The fraction of sp³-hybridized carbons (Fsp3) is 0.333. The maximum atomic E-state index is 14.3. The summed E-state index contributed by atoms with van der Waals surface area (Å²) in [5.41, 5.74) is 4.82. The molecule has 40 heavy (non-hydrogen) atoms. The summed E-state index contributed by atoms with van der Waals surface area (Å²) in [6, 6.07) is 22.2. The van der Waals surface area contributed by atoms with Crippen LogP contribution in [-0.4, -0.2) is 53.4 Å². The number of ether oxygens (including phenoxy) is 2. The number of carbonyl (C=O) groups excluding carboxylic acids is 2. The second-order valence-electron chi connectivity index (χ2n) is 11.0. The highest BCUT2D eigenvalue weighted by molar-refractivity contribution is 6.01. The summed E-state index contributed by atoms with van der Waals surface area (Å²) >= 11 is 0. The molecule has 3 heterocycles. The van der Waals surface area contributed by atoms with Crippen LogP contribution in [0.1, 0.15) is 54.1 Å². The molecule has 0 radical (unpaired) electrons. The van der Waals surface area contributed by atoms with E-state index in [1.54, 1.807) is 16.9 Å². The number of nitrogens with one attached hydrogen (secondary N) is 1. The van der Waals surface area contributed by atoms with Crippen LogP contribution in [-0.2, 0) is 21.7 Å². The van der Waals surface area contributed by atoms with Crippen molar-refractivity contribution < 1.29 is 19.1 Å². The highest BCUT2D eigenvalue weighted by atomic mass is 16.5. The number of hydrogen-bond donors (Lipinski definition) is 1. The maximum absolute atomic E-state index is 14.3. The van der Waals surface area contributed by atoms with Crippen molar-refractivity contribution in [2.75, 3.05) is 26.8 Å². The van der Waals surface area contributed by atoms with Gasteiger partial charge >= 0.3 is 0 Å². The second-order valence-corrected chi connectivity index (χ2v) is 11.0. The quantitative estimate of drug-likeness (QED) is 0.338. The Kier molecular flexibility index (Phi) is 6.53. The van der Waals surface area contributed by atoms with Crippen molar-refractivity contribution >= 4 is 22.7 Å². The molecule has 1 unspecified atom stereocenters. The van der Waals surface area contributed by atoms with E-state index in [1.165, 1.54) is 0 Å². The number of aryl methyl sites for hydroxylation is 1. The van der Waals surface area contributed by atoms with Gasteiger partial charge in [0.05, 0.1) is 19.4 Å². The van der Waals surface area contributed by atoms with Gasteiger partial charge in [0.2, 0.25) is 5.91 Å². The van der Waals surface area contributed by atoms with Crippen LogP contribution in [0.5, 0.6) is 11.5 Å². The zero-order valence-corrected chi connectivity index (χ0v) is 23.5. The molecule has 1 aromatic heterocycles. The van der Waals surface area contributed by atoms with Gasteiger partial charge in [-0.25, -0.2) is 0 Å². The van der Waals surface area contributed by atoms with Gasteiger partial charge < -0.3 is 24.3 Å². The van der Waals surface area contributed by atoms with Gasteiger partial charge in [-0.1, -0.05) is 61.0 Å². The average Bonchev–Trinajstić information content (AvgIpc) is 3.37. The van der Waals surface area contributed by atoms with Crippen LogP contribution in [0, 0.1) is 6.92 Å². The predicted molar refractivity (Wildman–Crippen MR) is 155 cm³/mol. The summed E-state index contributed by atoms with van der Waals surface area (Å²) in [5.74, 6) is 1.09. The van der Waals surface area contributed by atoms with Gasteiger partial charge in [-0.3, -0.25) is 9.59 Å². The monoisotopic (exact) mass is 537 g/mol. The molecule has 206 valence electrons. The Hall–Kier alpha value is -4.26. The van der Waals surface area contributed by atoms with E-state index < -0.39 is 5.54 Å². The lowest BCUT2D eigenvalue weighted by Crippen LogP contribution is -2.67. The number of H-pyrrole nitrogens is 1. The number of aromatic amines is 1. The molecule has 2 aliphatic heterocycles. The van der Waals surface area contributed by atoms with Crippen LogP contribution >= 0.6 is 0 Å². The van der Waals surface area contributed by atoms with Crippen molar-refractivity contribution in [2.45, 2.75) is 45.2 Å². The lowest BCUT2D eigenvalue weighted by atomic mass is 9.76. The van der Waals surface area contributed by atoms with E-state index in [0.29, 0.717) is 31.2 Å². The Morgan fingerprint density at radius 3 is 2.55 bits per heavy atom. The van der Waals surface area contributed by atoms with E-state index in [-0.39, 0.29) is 24.3 Å². The van der Waals surface area contributed by atoms with Crippen molar-refractivity contribution in [3.05, 3.63) is 94.7 Å². The minimum atomic E-state index is -1.14. The summed E-state index contributed by atoms with van der Waals surface area (Å²) in [4.78, 5) is 35.1. The molecule has 3 aromatic carbocycles. The fourth-order valence-corrected chi connectivity index (χ4v) is 6.25. The number of benzene rings is 3. The van der Waals surface area contributed by atoms with Gasteiger partial charge in [-0.05, 0) is 55.2 Å². The Morgan fingerprint density at radius 1 is 1.02 bits per heavy atom. The number of rotatable bonds is 7. The first-order valence-electron chi connectivity index (χ1n) is 13.9. The van der Waals surface area contributed by atoms with E-state index in [2.05, 4.69) is 18.0 Å². The van der Waals surface area contributed by atoms with Crippen LogP contribution in [0.15, 0.2) is 66.7 Å². The normalized spacial score (nSPS) is 20.4. The number of fused-ring (bicyclic) bond motifs is 5. The molecule has 0 saturated carbocycles. The molecule has 7 heteroatoms. The molecule has 1 fully saturated rings. The zero-order valence-electron chi connectivity index (χ0n) is 23.5. The first-order chi connectivity index (χ1) is 19.3. The third kappa shape index (κ3) is 4.12. The second kappa shape index (κ2) is 10.0. The summed E-state index contributed by atoms with van der Waals surface area (Å²) in [7, 11) is 1.64. The number of aromatic nitrogens is 1. The Bertz CT molecular complexity index is 1590. The van der Waals surface area contributed by atoms with E-state index >= 15 is 0 Å². The number of hydrogen-bond acceptors (Lipinski definition) is 4. The van der Waals surface area contributed by atoms with Gasteiger partial charge in [0.15, 0.2) is 17.0 Å². The van der Waals surface area contributed by atoms with Gasteiger partial charge in [0, 0.05) is 29.9 Å². The standard InChI is InChI=1S/C33H35N3O4/c1-5-16-40-27-15-14-23(17-28(27)39-4)25-19-36-29(37)20-35(18-22-12-10-21(2)11-13-22)32(38)33(36,3)31-30(25)24-8-6-7-9-26(24)34-31/h6-15,17,25,34H,5,16,18-20H2,1-4H3/t25?,33-/m0/s1. The van der Waals surface area contributed by atoms with Crippen LogP contribution < -0.4 is 9.47 Å². The van der Waals surface area contributed by atoms with Crippen LogP contribution in [0.25, 0.3) is 10.9 Å². The topological polar surface area (TPSA) is 74.9 Å². The Morgan fingerprint density at radius 2 is 1.80 bits per heavy atom.